The second kappa shape index (κ2) is 4.30. The third-order valence-corrected chi connectivity index (χ3v) is 4.14. The van der Waals surface area contributed by atoms with Crippen LogP contribution in [0.15, 0.2) is 29.0 Å². The van der Waals surface area contributed by atoms with Gasteiger partial charge < -0.3 is 5.32 Å². The quantitative estimate of drug-likeness (QED) is 0.800. The molecule has 3 rings (SSSR count). The number of nitrogens with one attached hydrogen (secondary N) is 1. The molecule has 0 aromatic carbocycles. The summed E-state index contributed by atoms with van der Waals surface area (Å²) in [5, 5.41) is 3.47. The molecule has 0 bridgehead atoms. The molecule has 2 heterocycles. The van der Waals surface area contributed by atoms with Crippen LogP contribution in [-0.2, 0) is 0 Å². The minimum atomic E-state index is 0.743. The van der Waals surface area contributed by atoms with E-state index in [4.69, 9.17) is 0 Å². The van der Waals surface area contributed by atoms with Gasteiger partial charge in [0, 0.05) is 12.7 Å². The largest absolute Gasteiger partial charge is 0.316 e. The zero-order valence-electron chi connectivity index (χ0n) is 9.12. The van der Waals surface area contributed by atoms with E-state index in [1.165, 1.54) is 30.5 Å². The van der Waals surface area contributed by atoms with Crippen molar-refractivity contribution < 1.29 is 0 Å². The first-order chi connectivity index (χ1) is 7.83. The third kappa shape index (κ3) is 1.94. The molecule has 2 nitrogen and oxygen atoms in total. The summed E-state index contributed by atoms with van der Waals surface area (Å²) >= 11 is 3.37. The molecule has 3 heteroatoms. The fourth-order valence-corrected chi connectivity index (χ4v) is 3.01. The van der Waals surface area contributed by atoms with E-state index in [0.29, 0.717) is 0 Å². The lowest BCUT2D eigenvalue weighted by atomic mass is 9.89. The van der Waals surface area contributed by atoms with Gasteiger partial charge in [0.25, 0.3) is 0 Å². The van der Waals surface area contributed by atoms with Crippen LogP contribution in [0, 0.1) is 11.8 Å². The van der Waals surface area contributed by atoms with E-state index in [0.717, 1.165) is 23.0 Å². The summed E-state index contributed by atoms with van der Waals surface area (Å²) < 4.78 is 0.911. The number of fused-ring (bicyclic) bond motifs is 1. The topological polar surface area (TPSA) is 24.9 Å². The molecule has 2 atom stereocenters. The first-order valence-corrected chi connectivity index (χ1v) is 6.65. The fraction of sp³-hybridized carbons (Fsp3) is 0.462. The van der Waals surface area contributed by atoms with Gasteiger partial charge in [-0.15, -0.1) is 0 Å². The Morgan fingerprint density at radius 1 is 1.38 bits per heavy atom. The Morgan fingerprint density at radius 2 is 2.31 bits per heavy atom. The molecule has 1 aliphatic carbocycles. The van der Waals surface area contributed by atoms with Gasteiger partial charge in [0.2, 0.25) is 0 Å². The lowest BCUT2D eigenvalue weighted by molar-refractivity contribution is 0.323. The molecule has 1 aromatic rings. The number of halogens is 1. The minimum Gasteiger partial charge on any atom is -0.316 e. The van der Waals surface area contributed by atoms with Gasteiger partial charge in [-0.3, -0.25) is 0 Å². The van der Waals surface area contributed by atoms with Crippen molar-refractivity contribution >= 4 is 21.5 Å². The van der Waals surface area contributed by atoms with Crippen molar-refractivity contribution in [1.29, 1.82) is 0 Å². The van der Waals surface area contributed by atoms with Gasteiger partial charge in [-0.1, -0.05) is 12.1 Å². The van der Waals surface area contributed by atoms with E-state index in [1.807, 2.05) is 12.3 Å². The van der Waals surface area contributed by atoms with E-state index in [1.54, 1.807) is 0 Å². The highest BCUT2D eigenvalue weighted by molar-refractivity contribution is 9.10. The van der Waals surface area contributed by atoms with Crippen LogP contribution in [0.3, 0.4) is 0 Å². The molecule has 0 saturated carbocycles. The van der Waals surface area contributed by atoms with E-state index in [-0.39, 0.29) is 0 Å². The Balaban J connectivity index is 1.83. The molecule has 2 aliphatic rings. The van der Waals surface area contributed by atoms with Crippen molar-refractivity contribution in [3.8, 4) is 0 Å². The molecule has 0 unspecified atom stereocenters. The van der Waals surface area contributed by atoms with E-state index >= 15 is 0 Å². The van der Waals surface area contributed by atoms with Crippen LogP contribution < -0.4 is 5.32 Å². The number of aromatic nitrogens is 1. The second-order valence-electron chi connectivity index (χ2n) is 4.68. The predicted octanol–water partition coefficient (Wildman–Crippen LogP) is 2.86. The van der Waals surface area contributed by atoms with Crippen LogP contribution in [-0.4, -0.2) is 18.1 Å². The SMILES string of the molecule is Brc1ccc(C2=C[C@H]3CNCC[C@H]3C2)cn1. The monoisotopic (exact) mass is 278 g/mol. The van der Waals surface area contributed by atoms with Gasteiger partial charge in [-0.05, 0) is 64.4 Å². The highest BCUT2D eigenvalue weighted by atomic mass is 79.9. The smallest absolute Gasteiger partial charge is 0.106 e. The van der Waals surface area contributed by atoms with Crippen molar-refractivity contribution in [2.24, 2.45) is 11.8 Å². The van der Waals surface area contributed by atoms with Crippen LogP contribution in [0.2, 0.25) is 0 Å². The lowest BCUT2D eigenvalue weighted by Crippen LogP contribution is -2.33. The number of allylic oxidation sites excluding steroid dienone is 1. The number of hydrogen-bond acceptors (Lipinski definition) is 2. The van der Waals surface area contributed by atoms with Crippen molar-refractivity contribution in [3.63, 3.8) is 0 Å². The zero-order valence-corrected chi connectivity index (χ0v) is 10.7. The molecule has 16 heavy (non-hydrogen) atoms. The average molecular weight is 279 g/mol. The van der Waals surface area contributed by atoms with Gasteiger partial charge in [0.15, 0.2) is 0 Å². The number of piperidine rings is 1. The summed E-state index contributed by atoms with van der Waals surface area (Å²) in [5.74, 6) is 1.60. The van der Waals surface area contributed by atoms with Crippen LogP contribution in [0.5, 0.6) is 0 Å². The molecule has 0 amide bonds. The van der Waals surface area contributed by atoms with Gasteiger partial charge in [0.05, 0.1) is 0 Å². The highest BCUT2D eigenvalue weighted by Crippen LogP contribution is 2.39. The second-order valence-corrected chi connectivity index (χ2v) is 5.49. The third-order valence-electron chi connectivity index (χ3n) is 3.67. The first-order valence-electron chi connectivity index (χ1n) is 5.86. The van der Waals surface area contributed by atoms with Crippen LogP contribution >= 0.6 is 15.9 Å². The Kier molecular flexibility index (Phi) is 2.82. The van der Waals surface area contributed by atoms with E-state index in [9.17, 15) is 0 Å². The lowest BCUT2D eigenvalue weighted by Gasteiger charge is -2.25. The van der Waals surface area contributed by atoms with Gasteiger partial charge >= 0.3 is 0 Å². The van der Waals surface area contributed by atoms with Crippen LogP contribution in [0.25, 0.3) is 5.57 Å². The Bertz CT molecular complexity index is 410. The average Bonchev–Trinajstić information content (AvgIpc) is 2.73. The van der Waals surface area contributed by atoms with Crippen LogP contribution in [0.1, 0.15) is 18.4 Å². The van der Waals surface area contributed by atoms with Gasteiger partial charge in [0.1, 0.15) is 4.60 Å². The molecule has 0 radical (unpaired) electrons. The maximum absolute atomic E-state index is 4.30. The number of pyridine rings is 1. The summed E-state index contributed by atoms with van der Waals surface area (Å²) in [7, 11) is 0. The fourth-order valence-electron chi connectivity index (χ4n) is 2.77. The number of nitrogens with zero attached hydrogens (tertiary/aromatic N) is 1. The number of rotatable bonds is 1. The van der Waals surface area contributed by atoms with Gasteiger partial charge in [-0.2, -0.15) is 0 Å². The van der Waals surface area contributed by atoms with Crippen molar-refractivity contribution in [2.75, 3.05) is 13.1 Å². The highest BCUT2D eigenvalue weighted by Gasteiger charge is 2.29. The summed E-state index contributed by atoms with van der Waals surface area (Å²) in [4.78, 5) is 4.30. The van der Waals surface area contributed by atoms with E-state index in [2.05, 4.69) is 38.4 Å². The Labute approximate surface area is 104 Å². The molecular formula is C13H15BrN2. The molecule has 0 spiro atoms. The Morgan fingerprint density at radius 3 is 3.06 bits per heavy atom. The van der Waals surface area contributed by atoms with Gasteiger partial charge in [-0.25, -0.2) is 4.98 Å². The predicted molar refractivity (Wildman–Crippen MR) is 69.0 cm³/mol. The summed E-state index contributed by atoms with van der Waals surface area (Å²) in [5.41, 5.74) is 2.77. The molecule has 1 aliphatic heterocycles. The van der Waals surface area contributed by atoms with E-state index < -0.39 is 0 Å². The summed E-state index contributed by atoms with van der Waals surface area (Å²) in [6, 6.07) is 4.18. The van der Waals surface area contributed by atoms with Crippen molar-refractivity contribution in [1.82, 2.24) is 10.3 Å². The van der Waals surface area contributed by atoms with Crippen molar-refractivity contribution in [3.05, 3.63) is 34.6 Å². The summed E-state index contributed by atoms with van der Waals surface area (Å²) in [6.07, 6.45) is 6.96. The maximum atomic E-state index is 4.30. The Hall–Kier alpha value is -0.670. The molecule has 1 aromatic heterocycles. The number of hydrogen-bond donors (Lipinski definition) is 1. The molecule has 1 saturated heterocycles. The zero-order chi connectivity index (χ0) is 11.0. The molecule has 84 valence electrons. The maximum Gasteiger partial charge on any atom is 0.106 e. The first kappa shape index (κ1) is 10.5. The van der Waals surface area contributed by atoms with Crippen molar-refractivity contribution in [2.45, 2.75) is 12.8 Å². The molecule has 1 N–H and O–H groups in total. The van der Waals surface area contributed by atoms with Crippen LogP contribution in [0.4, 0.5) is 0 Å². The normalized spacial score (nSPS) is 28.7. The minimum absolute atomic E-state index is 0.743. The summed E-state index contributed by atoms with van der Waals surface area (Å²) in [6.45, 7) is 2.33. The molecular weight excluding hydrogens is 264 g/mol. The molecule has 1 fully saturated rings. The standard InChI is InChI=1S/C13H15BrN2/c14-13-2-1-10(8-16-13)11-5-9-3-4-15-7-12(9)6-11/h1-2,6,8-9,12,15H,3-5,7H2/t9-,12-/m0/s1.